The van der Waals surface area contributed by atoms with Crippen molar-refractivity contribution in [2.45, 2.75) is 31.5 Å². The molecule has 4 heteroatoms. The van der Waals surface area contributed by atoms with Crippen molar-refractivity contribution in [3.05, 3.63) is 59.7 Å². The Labute approximate surface area is 143 Å². The second kappa shape index (κ2) is 7.69. The lowest BCUT2D eigenvalue weighted by atomic mass is 10.1. The molecule has 1 aliphatic rings. The Morgan fingerprint density at radius 2 is 1.79 bits per heavy atom. The summed E-state index contributed by atoms with van der Waals surface area (Å²) in [4.78, 5) is 2.34. The van der Waals surface area contributed by atoms with Crippen LogP contribution in [0.5, 0.6) is 11.5 Å². The van der Waals surface area contributed by atoms with Crippen LogP contribution < -0.4 is 9.47 Å². The number of hydrogen-bond donors (Lipinski definition) is 1. The lowest BCUT2D eigenvalue weighted by Crippen LogP contribution is -2.30. The molecule has 0 heterocycles. The molecule has 1 atom stereocenters. The molecule has 1 saturated carbocycles. The van der Waals surface area contributed by atoms with E-state index in [0.717, 1.165) is 29.2 Å². The molecule has 3 rings (SSSR count). The van der Waals surface area contributed by atoms with Gasteiger partial charge in [0.2, 0.25) is 0 Å². The summed E-state index contributed by atoms with van der Waals surface area (Å²) in [6.45, 7) is 1.37. The lowest BCUT2D eigenvalue weighted by Gasteiger charge is -2.26. The van der Waals surface area contributed by atoms with Crippen LogP contribution in [-0.2, 0) is 6.54 Å². The number of methoxy groups -OCH3 is 2. The monoisotopic (exact) mass is 327 g/mol. The van der Waals surface area contributed by atoms with E-state index in [2.05, 4.69) is 11.0 Å². The van der Waals surface area contributed by atoms with E-state index in [-0.39, 0.29) is 0 Å². The quantitative estimate of drug-likeness (QED) is 0.807. The molecule has 1 N–H and O–H groups in total. The third-order valence-corrected chi connectivity index (χ3v) is 4.51. The van der Waals surface area contributed by atoms with Gasteiger partial charge in [0.25, 0.3) is 0 Å². The first-order chi connectivity index (χ1) is 11.7. The summed E-state index contributed by atoms with van der Waals surface area (Å²) < 4.78 is 10.9. The maximum Gasteiger partial charge on any atom is 0.165 e. The minimum Gasteiger partial charge on any atom is -0.493 e. The number of nitrogens with zero attached hydrogens (tertiary/aromatic N) is 1. The van der Waals surface area contributed by atoms with Gasteiger partial charge in [-0.2, -0.15) is 0 Å². The molecular formula is C20H25NO3. The van der Waals surface area contributed by atoms with Gasteiger partial charge >= 0.3 is 0 Å². The van der Waals surface area contributed by atoms with Gasteiger partial charge in [-0.1, -0.05) is 42.5 Å². The summed E-state index contributed by atoms with van der Waals surface area (Å²) in [5, 5.41) is 10.6. The minimum atomic E-state index is -0.483. The van der Waals surface area contributed by atoms with Crippen LogP contribution in [0.15, 0.2) is 48.5 Å². The maximum atomic E-state index is 10.6. The number of para-hydroxylation sites is 1. The van der Waals surface area contributed by atoms with Crippen molar-refractivity contribution in [1.29, 1.82) is 0 Å². The number of aliphatic hydroxyl groups excluding tert-OH is 1. The first-order valence-corrected chi connectivity index (χ1v) is 8.40. The molecule has 0 spiro atoms. The molecule has 1 aliphatic carbocycles. The number of hydrogen-bond acceptors (Lipinski definition) is 4. The van der Waals surface area contributed by atoms with E-state index in [4.69, 9.17) is 9.47 Å². The van der Waals surface area contributed by atoms with Gasteiger partial charge < -0.3 is 14.6 Å². The Bertz CT molecular complexity index is 655. The van der Waals surface area contributed by atoms with Crippen LogP contribution in [0.1, 0.15) is 30.1 Å². The zero-order chi connectivity index (χ0) is 16.9. The Morgan fingerprint density at radius 3 is 2.42 bits per heavy atom. The highest BCUT2D eigenvalue weighted by atomic mass is 16.5. The number of ether oxygens (including phenoxy) is 2. The van der Waals surface area contributed by atoms with Crippen LogP contribution in [0.3, 0.4) is 0 Å². The highest BCUT2D eigenvalue weighted by Crippen LogP contribution is 2.35. The molecule has 1 unspecified atom stereocenters. The van der Waals surface area contributed by atoms with E-state index < -0.39 is 6.10 Å². The molecule has 0 aliphatic heterocycles. The molecule has 0 radical (unpaired) electrons. The van der Waals surface area contributed by atoms with E-state index in [1.54, 1.807) is 14.2 Å². The average Bonchev–Trinajstić information content (AvgIpc) is 3.46. The van der Waals surface area contributed by atoms with Crippen molar-refractivity contribution in [2.75, 3.05) is 20.8 Å². The zero-order valence-electron chi connectivity index (χ0n) is 14.3. The van der Waals surface area contributed by atoms with Crippen LogP contribution in [0.25, 0.3) is 0 Å². The van der Waals surface area contributed by atoms with Crippen LogP contribution in [-0.4, -0.2) is 36.8 Å². The van der Waals surface area contributed by atoms with E-state index in [1.165, 1.54) is 12.8 Å². The molecule has 2 aromatic carbocycles. The van der Waals surface area contributed by atoms with E-state index >= 15 is 0 Å². The van der Waals surface area contributed by atoms with E-state index in [1.807, 2.05) is 42.5 Å². The average molecular weight is 327 g/mol. The Hall–Kier alpha value is -2.04. The molecule has 24 heavy (non-hydrogen) atoms. The lowest BCUT2D eigenvalue weighted by molar-refractivity contribution is 0.104. The van der Waals surface area contributed by atoms with Crippen molar-refractivity contribution in [1.82, 2.24) is 4.90 Å². The Kier molecular flexibility index (Phi) is 5.38. The van der Waals surface area contributed by atoms with Crippen molar-refractivity contribution >= 4 is 0 Å². The van der Waals surface area contributed by atoms with Gasteiger partial charge in [0.15, 0.2) is 11.5 Å². The summed E-state index contributed by atoms with van der Waals surface area (Å²) in [5.74, 6) is 1.52. The van der Waals surface area contributed by atoms with Gasteiger partial charge in [-0.3, -0.25) is 4.90 Å². The first kappa shape index (κ1) is 16.8. The fourth-order valence-electron chi connectivity index (χ4n) is 3.08. The molecule has 0 saturated heterocycles. The molecular weight excluding hydrogens is 302 g/mol. The fourth-order valence-corrected chi connectivity index (χ4v) is 3.08. The maximum absolute atomic E-state index is 10.6. The summed E-state index contributed by atoms with van der Waals surface area (Å²) in [6, 6.07) is 16.3. The summed E-state index contributed by atoms with van der Waals surface area (Å²) in [5.41, 5.74) is 2.05. The van der Waals surface area contributed by atoms with Gasteiger partial charge in [0.1, 0.15) is 0 Å². The second-order valence-corrected chi connectivity index (χ2v) is 6.24. The topological polar surface area (TPSA) is 41.9 Å². The normalized spacial score (nSPS) is 15.3. The number of aliphatic hydroxyl groups is 1. The number of benzene rings is 2. The summed E-state index contributed by atoms with van der Waals surface area (Å²) in [6.07, 6.45) is 1.89. The molecule has 0 bridgehead atoms. The van der Waals surface area contributed by atoms with Crippen molar-refractivity contribution in [3.63, 3.8) is 0 Å². The van der Waals surface area contributed by atoms with Crippen LogP contribution in [0.2, 0.25) is 0 Å². The highest BCUT2D eigenvalue weighted by molar-refractivity contribution is 5.46. The zero-order valence-corrected chi connectivity index (χ0v) is 14.3. The molecule has 0 amide bonds. The molecule has 4 nitrogen and oxygen atoms in total. The molecule has 0 aromatic heterocycles. The minimum absolute atomic E-state index is 0.483. The van der Waals surface area contributed by atoms with E-state index in [9.17, 15) is 5.11 Å². The van der Waals surface area contributed by atoms with Crippen LogP contribution in [0.4, 0.5) is 0 Å². The van der Waals surface area contributed by atoms with Crippen molar-refractivity contribution < 1.29 is 14.6 Å². The van der Waals surface area contributed by atoms with Gasteiger partial charge in [-0.05, 0) is 24.5 Å². The molecule has 2 aromatic rings. The smallest absolute Gasteiger partial charge is 0.165 e. The third kappa shape index (κ3) is 3.89. The van der Waals surface area contributed by atoms with Crippen LogP contribution in [0, 0.1) is 0 Å². The van der Waals surface area contributed by atoms with Gasteiger partial charge in [-0.15, -0.1) is 0 Å². The van der Waals surface area contributed by atoms with Gasteiger partial charge in [-0.25, -0.2) is 0 Å². The fraction of sp³-hybridized carbons (Fsp3) is 0.400. The third-order valence-electron chi connectivity index (χ3n) is 4.51. The SMILES string of the molecule is COc1cccc(CN(CC(O)c2ccccc2)C2CC2)c1OC. The molecule has 128 valence electrons. The van der Waals surface area contributed by atoms with Crippen LogP contribution >= 0.6 is 0 Å². The van der Waals surface area contributed by atoms with Crippen molar-refractivity contribution in [3.8, 4) is 11.5 Å². The summed E-state index contributed by atoms with van der Waals surface area (Å²) in [7, 11) is 3.32. The Balaban J connectivity index is 1.76. The molecule has 1 fully saturated rings. The summed E-state index contributed by atoms with van der Waals surface area (Å²) >= 11 is 0. The first-order valence-electron chi connectivity index (χ1n) is 8.40. The highest BCUT2D eigenvalue weighted by Gasteiger charge is 2.31. The Morgan fingerprint density at radius 1 is 1.04 bits per heavy atom. The van der Waals surface area contributed by atoms with Crippen molar-refractivity contribution in [2.24, 2.45) is 0 Å². The number of rotatable bonds is 8. The standard InChI is InChI=1S/C20H25NO3/c1-23-19-10-6-9-16(20(19)24-2)13-21(17-11-12-17)14-18(22)15-7-4-3-5-8-15/h3-10,17-18,22H,11-14H2,1-2H3. The van der Waals surface area contributed by atoms with Gasteiger partial charge in [0, 0.05) is 24.7 Å². The predicted molar refractivity (Wildman–Crippen MR) is 94.4 cm³/mol. The van der Waals surface area contributed by atoms with Gasteiger partial charge in [0.05, 0.1) is 20.3 Å². The van der Waals surface area contributed by atoms with E-state index in [0.29, 0.717) is 12.6 Å². The predicted octanol–water partition coefficient (Wildman–Crippen LogP) is 3.40. The largest absolute Gasteiger partial charge is 0.493 e. The second-order valence-electron chi connectivity index (χ2n) is 6.24.